The van der Waals surface area contributed by atoms with Crippen LogP contribution in [-0.4, -0.2) is 39.0 Å². The summed E-state index contributed by atoms with van der Waals surface area (Å²) in [6, 6.07) is -0.470. The Kier molecular flexibility index (Phi) is 7.17. The maximum absolute atomic E-state index is 11.6. The third kappa shape index (κ3) is 6.13. The molecular formula is C12H22N6O2S. The summed E-state index contributed by atoms with van der Waals surface area (Å²) in [5.74, 6) is 0.863. The van der Waals surface area contributed by atoms with E-state index in [1.165, 1.54) is 11.8 Å². The van der Waals surface area contributed by atoms with Gasteiger partial charge in [0.15, 0.2) is 5.16 Å². The number of nitrogens with one attached hydrogen (secondary N) is 2. The van der Waals surface area contributed by atoms with E-state index in [1.807, 2.05) is 0 Å². The van der Waals surface area contributed by atoms with Crippen molar-refractivity contribution in [2.75, 3.05) is 12.3 Å². The molecule has 9 heteroatoms. The van der Waals surface area contributed by atoms with E-state index >= 15 is 0 Å². The third-order valence-corrected chi connectivity index (χ3v) is 3.72. The maximum atomic E-state index is 11.6. The van der Waals surface area contributed by atoms with E-state index in [0.29, 0.717) is 23.4 Å². The number of amides is 3. The molecule has 0 saturated carbocycles. The first kappa shape index (κ1) is 17.4. The van der Waals surface area contributed by atoms with Crippen LogP contribution in [0.3, 0.4) is 0 Å². The molecule has 0 aliphatic heterocycles. The van der Waals surface area contributed by atoms with E-state index in [4.69, 9.17) is 5.73 Å². The van der Waals surface area contributed by atoms with E-state index in [1.54, 1.807) is 11.6 Å². The summed E-state index contributed by atoms with van der Waals surface area (Å²) in [4.78, 5) is 23.1. The molecule has 0 spiro atoms. The lowest BCUT2D eigenvalue weighted by molar-refractivity contribution is -0.117. The second-order valence-electron chi connectivity index (χ2n) is 4.94. The van der Waals surface area contributed by atoms with Crippen molar-refractivity contribution >= 4 is 23.7 Å². The second-order valence-corrected chi connectivity index (χ2v) is 5.88. The summed E-state index contributed by atoms with van der Waals surface area (Å²) in [7, 11) is 1.78. The van der Waals surface area contributed by atoms with Crippen LogP contribution in [0.1, 0.15) is 26.1 Å². The Morgan fingerprint density at radius 1 is 1.38 bits per heavy atom. The molecule has 0 aliphatic rings. The molecular weight excluding hydrogens is 292 g/mol. The molecule has 4 N–H and O–H groups in total. The zero-order valence-electron chi connectivity index (χ0n) is 12.5. The van der Waals surface area contributed by atoms with Gasteiger partial charge in [0.25, 0.3) is 0 Å². The molecule has 0 aliphatic carbocycles. The summed E-state index contributed by atoms with van der Waals surface area (Å²) < 4.78 is 1.72. The van der Waals surface area contributed by atoms with Gasteiger partial charge in [-0.3, -0.25) is 10.1 Å². The van der Waals surface area contributed by atoms with Gasteiger partial charge in [0, 0.05) is 13.6 Å². The molecule has 3 amide bonds. The van der Waals surface area contributed by atoms with Crippen molar-refractivity contribution in [3.8, 4) is 0 Å². The molecule has 0 unspecified atom stereocenters. The van der Waals surface area contributed by atoms with Crippen molar-refractivity contribution in [1.29, 1.82) is 0 Å². The lowest BCUT2D eigenvalue weighted by Gasteiger charge is -2.08. The fourth-order valence-corrected chi connectivity index (χ4v) is 2.19. The Labute approximate surface area is 128 Å². The molecule has 21 heavy (non-hydrogen) atoms. The largest absolute Gasteiger partial charge is 0.338 e. The van der Waals surface area contributed by atoms with Gasteiger partial charge in [-0.15, -0.1) is 10.2 Å². The minimum Gasteiger partial charge on any atom is -0.338 e. The first-order valence-corrected chi connectivity index (χ1v) is 7.71. The predicted molar refractivity (Wildman–Crippen MR) is 80.6 cm³/mol. The molecule has 0 bridgehead atoms. The Balaban J connectivity index is 2.30. The zero-order chi connectivity index (χ0) is 15.8. The van der Waals surface area contributed by atoms with Crippen molar-refractivity contribution < 1.29 is 9.59 Å². The van der Waals surface area contributed by atoms with Gasteiger partial charge < -0.3 is 15.6 Å². The van der Waals surface area contributed by atoms with Crippen LogP contribution in [0.25, 0.3) is 0 Å². The summed E-state index contributed by atoms with van der Waals surface area (Å²) in [5.41, 5.74) is 5.49. The van der Waals surface area contributed by atoms with E-state index in [-0.39, 0.29) is 18.2 Å². The smallest absolute Gasteiger partial charge is 0.321 e. The first-order valence-electron chi connectivity index (χ1n) is 6.72. The topological polar surface area (TPSA) is 115 Å². The van der Waals surface area contributed by atoms with E-state index < -0.39 is 6.03 Å². The molecule has 0 atom stereocenters. The highest BCUT2D eigenvalue weighted by Crippen LogP contribution is 2.14. The number of carbonyl (C=O) groups is 2. The summed E-state index contributed by atoms with van der Waals surface area (Å²) in [6.45, 7) is 4.97. The van der Waals surface area contributed by atoms with Crippen molar-refractivity contribution in [2.45, 2.75) is 32.0 Å². The third-order valence-electron chi connectivity index (χ3n) is 2.70. The molecule has 0 aromatic carbocycles. The number of nitrogens with two attached hydrogens (primary N) is 1. The van der Waals surface area contributed by atoms with Crippen molar-refractivity contribution in [1.82, 2.24) is 25.4 Å². The number of hydrogen-bond acceptors (Lipinski definition) is 6. The standard InChI is InChI=1S/C12H22N6O2S/c1-8(2)4-5-14-11(20)15-10(19)7-21-12-17-16-9(6-13)18(12)3/h8H,4-7,13H2,1-3H3,(H2,14,15,19,20). The Hall–Kier alpha value is -1.61. The van der Waals surface area contributed by atoms with Gasteiger partial charge in [-0.1, -0.05) is 25.6 Å². The van der Waals surface area contributed by atoms with Crippen molar-refractivity contribution in [3.05, 3.63) is 5.82 Å². The van der Waals surface area contributed by atoms with Crippen LogP contribution in [0, 0.1) is 5.92 Å². The Bertz CT molecular complexity index is 488. The summed E-state index contributed by atoms with van der Waals surface area (Å²) in [5, 5.41) is 13.3. The highest BCUT2D eigenvalue weighted by Gasteiger charge is 2.12. The van der Waals surface area contributed by atoms with Crippen LogP contribution < -0.4 is 16.4 Å². The van der Waals surface area contributed by atoms with Gasteiger partial charge in [0.2, 0.25) is 5.91 Å². The molecule has 0 fully saturated rings. The maximum Gasteiger partial charge on any atom is 0.321 e. The quantitative estimate of drug-likeness (QED) is 0.621. The van der Waals surface area contributed by atoms with Gasteiger partial charge in [0.1, 0.15) is 5.82 Å². The molecule has 1 heterocycles. The van der Waals surface area contributed by atoms with Crippen LogP contribution in [0.5, 0.6) is 0 Å². The highest BCUT2D eigenvalue weighted by atomic mass is 32.2. The first-order chi connectivity index (χ1) is 9.93. The molecule has 1 rings (SSSR count). The van der Waals surface area contributed by atoms with Crippen molar-refractivity contribution in [3.63, 3.8) is 0 Å². The SMILES string of the molecule is CC(C)CCNC(=O)NC(=O)CSc1nnc(CN)n1C. The van der Waals surface area contributed by atoms with Gasteiger partial charge in [-0.25, -0.2) is 4.79 Å². The van der Waals surface area contributed by atoms with Crippen molar-refractivity contribution in [2.24, 2.45) is 18.7 Å². The number of nitrogens with zero attached hydrogens (tertiary/aromatic N) is 3. The number of carbonyl (C=O) groups excluding carboxylic acids is 2. The lowest BCUT2D eigenvalue weighted by Crippen LogP contribution is -2.40. The number of aromatic nitrogens is 3. The Morgan fingerprint density at radius 3 is 2.67 bits per heavy atom. The van der Waals surface area contributed by atoms with Gasteiger partial charge in [-0.2, -0.15) is 0 Å². The lowest BCUT2D eigenvalue weighted by atomic mass is 10.1. The molecule has 1 aromatic rings. The van der Waals surface area contributed by atoms with Gasteiger partial charge in [-0.05, 0) is 12.3 Å². The van der Waals surface area contributed by atoms with Gasteiger partial charge in [0.05, 0.1) is 12.3 Å². The monoisotopic (exact) mass is 314 g/mol. The number of hydrogen-bond donors (Lipinski definition) is 3. The van der Waals surface area contributed by atoms with Crippen LogP contribution in [0.2, 0.25) is 0 Å². The summed E-state index contributed by atoms with van der Waals surface area (Å²) in [6.07, 6.45) is 0.872. The number of rotatable bonds is 7. The number of thioether (sulfide) groups is 1. The van der Waals surface area contributed by atoms with E-state index in [9.17, 15) is 9.59 Å². The zero-order valence-corrected chi connectivity index (χ0v) is 13.4. The minimum atomic E-state index is -0.470. The second kappa shape index (κ2) is 8.63. The van der Waals surface area contributed by atoms with Crippen LogP contribution in [0.4, 0.5) is 4.79 Å². The molecule has 118 valence electrons. The molecule has 1 aromatic heterocycles. The van der Waals surface area contributed by atoms with Crippen LogP contribution >= 0.6 is 11.8 Å². The van der Waals surface area contributed by atoms with E-state index in [0.717, 1.165) is 6.42 Å². The molecule has 8 nitrogen and oxygen atoms in total. The molecule has 0 radical (unpaired) electrons. The number of urea groups is 1. The Morgan fingerprint density at radius 2 is 2.10 bits per heavy atom. The average Bonchev–Trinajstić information content (AvgIpc) is 2.76. The van der Waals surface area contributed by atoms with Crippen LogP contribution in [-0.2, 0) is 18.4 Å². The average molecular weight is 314 g/mol. The van der Waals surface area contributed by atoms with Gasteiger partial charge >= 0.3 is 6.03 Å². The summed E-state index contributed by atoms with van der Waals surface area (Å²) >= 11 is 1.20. The minimum absolute atomic E-state index is 0.0914. The fourth-order valence-electron chi connectivity index (χ4n) is 1.46. The van der Waals surface area contributed by atoms with E-state index in [2.05, 4.69) is 34.7 Å². The highest BCUT2D eigenvalue weighted by molar-refractivity contribution is 7.99. The normalized spacial score (nSPS) is 10.7. The fraction of sp³-hybridized carbons (Fsp3) is 0.667. The predicted octanol–water partition coefficient (Wildman–Crippen LogP) is 0.238. The van der Waals surface area contributed by atoms with Crippen LogP contribution in [0.15, 0.2) is 5.16 Å². The number of imide groups is 1. The molecule has 0 saturated heterocycles.